The van der Waals surface area contributed by atoms with Gasteiger partial charge in [0.25, 0.3) is 5.19 Å². The zero-order valence-electron chi connectivity index (χ0n) is 23.7. The Morgan fingerprint density at radius 2 is 1.95 bits per heavy atom. The summed E-state index contributed by atoms with van der Waals surface area (Å²) in [5.74, 6) is -4.20. The van der Waals surface area contributed by atoms with Gasteiger partial charge in [0.1, 0.15) is 6.10 Å². The number of halogens is 2. The number of ketones is 1. The van der Waals surface area contributed by atoms with Gasteiger partial charge in [0, 0.05) is 18.8 Å². The molecule has 0 spiro atoms. The second-order valence-corrected chi connectivity index (χ2v) is 13.1. The fraction of sp³-hybridized carbons (Fsp3) is 0.455. The summed E-state index contributed by atoms with van der Waals surface area (Å²) in [6, 6.07) is 10.5. The number of carbonyl (C=O) groups excluding carboxylic acids is 2. The van der Waals surface area contributed by atoms with Gasteiger partial charge >= 0.3 is 5.97 Å². The number of carbonyl (C=O) groups is 3. The minimum absolute atomic E-state index is 0.156. The van der Waals surface area contributed by atoms with Gasteiger partial charge in [-0.25, -0.2) is 13.8 Å². The molecule has 226 valence electrons. The van der Waals surface area contributed by atoms with Crippen molar-refractivity contribution in [3.05, 3.63) is 71.8 Å². The van der Waals surface area contributed by atoms with E-state index < -0.39 is 41.1 Å². The number of hydrogen-bond donors (Lipinski definition) is 1. The molecular formula is C33H34F2N2O5S. The van der Waals surface area contributed by atoms with Crippen molar-refractivity contribution >= 4 is 39.2 Å². The van der Waals surface area contributed by atoms with E-state index in [0.29, 0.717) is 23.6 Å². The van der Waals surface area contributed by atoms with E-state index in [9.17, 15) is 28.3 Å². The summed E-state index contributed by atoms with van der Waals surface area (Å²) < 4.78 is 34.9. The van der Waals surface area contributed by atoms with Gasteiger partial charge in [0.15, 0.2) is 17.4 Å². The van der Waals surface area contributed by atoms with Crippen molar-refractivity contribution in [2.45, 2.75) is 69.9 Å². The summed E-state index contributed by atoms with van der Waals surface area (Å²) in [6.45, 7) is 0.156. The fourth-order valence-electron chi connectivity index (χ4n) is 6.60. The number of aromatic nitrogens is 1. The van der Waals surface area contributed by atoms with E-state index in [0.717, 1.165) is 48.0 Å². The van der Waals surface area contributed by atoms with Crippen LogP contribution in [-0.4, -0.2) is 51.3 Å². The highest BCUT2D eigenvalue weighted by Crippen LogP contribution is 2.57. The lowest BCUT2D eigenvalue weighted by Crippen LogP contribution is -2.45. The Kier molecular flexibility index (Phi) is 8.31. The molecule has 0 unspecified atom stereocenters. The van der Waals surface area contributed by atoms with Gasteiger partial charge < -0.3 is 14.7 Å². The van der Waals surface area contributed by atoms with Crippen molar-refractivity contribution in [2.24, 2.45) is 17.3 Å². The van der Waals surface area contributed by atoms with Gasteiger partial charge in [-0.1, -0.05) is 54.5 Å². The van der Waals surface area contributed by atoms with Gasteiger partial charge in [-0.15, -0.1) is 0 Å². The lowest BCUT2D eigenvalue weighted by Gasteiger charge is -2.29. The molecule has 2 aromatic carbocycles. The smallest absolute Gasteiger partial charge is 0.310 e. The van der Waals surface area contributed by atoms with E-state index in [1.165, 1.54) is 17.4 Å². The Labute approximate surface area is 252 Å². The molecule has 10 heteroatoms. The van der Waals surface area contributed by atoms with Crippen LogP contribution in [0.1, 0.15) is 56.9 Å². The second-order valence-electron chi connectivity index (χ2n) is 12.1. The van der Waals surface area contributed by atoms with Crippen molar-refractivity contribution in [1.29, 1.82) is 0 Å². The summed E-state index contributed by atoms with van der Waals surface area (Å²) in [7, 11) is 0. The molecule has 1 aliphatic carbocycles. The molecule has 1 saturated carbocycles. The zero-order valence-corrected chi connectivity index (χ0v) is 24.5. The third-order valence-electron chi connectivity index (χ3n) is 9.12. The van der Waals surface area contributed by atoms with Gasteiger partial charge in [-0.05, 0) is 67.9 Å². The van der Waals surface area contributed by atoms with Crippen LogP contribution in [0.3, 0.4) is 0 Å². The number of rotatable bonds is 5. The maximum absolute atomic E-state index is 14.2. The molecular weight excluding hydrogens is 574 g/mol. The third-order valence-corrected chi connectivity index (χ3v) is 10.0. The van der Waals surface area contributed by atoms with Crippen molar-refractivity contribution in [3.63, 3.8) is 0 Å². The number of para-hydroxylation sites is 1. The first-order valence-corrected chi connectivity index (χ1v) is 15.7. The van der Waals surface area contributed by atoms with Crippen LogP contribution in [0, 0.1) is 28.9 Å². The minimum atomic E-state index is -1.15. The number of thiazole rings is 1. The van der Waals surface area contributed by atoms with Crippen molar-refractivity contribution in [2.75, 3.05) is 6.54 Å². The molecule has 1 N–H and O–H groups in total. The number of Topliss-reactive ketones (excluding diaryl/α,β-unsaturated/α-hetero) is 1. The average molecular weight is 609 g/mol. The Hall–Kier alpha value is -3.66. The SMILES string of the molecule is O=C1C[C@]2(C(=O)O)C[C@H]2/C=C\CCCCC[C@H](Cc2ccc(F)c(F)c2)C(=O)N2C[C@H](Oc3nc4ccccc4s3)C[C@@H]12. The Morgan fingerprint density at radius 1 is 1.12 bits per heavy atom. The predicted molar refractivity (Wildman–Crippen MR) is 158 cm³/mol. The lowest BCUT2D eigenvalue weighted by atomic mass is 9.90. The third kappa shape index (κ3) is 6.20. The number of allylic oxidation sites excluding steroid dienone is 2. The van der Waals surface area contributed by atoms with Gasteiger partial charge in [-0.3, -0.25) is 14.4 Å². The fourth-order valence-corrected chi connectivity index (χ4v) is 7.48. The Bertz CT molecular complexity index is 1540. The van der Waals surface area contributed by atoms with Crippen molar-refractivity contribution in [3.8, 4) is 5.19 Å². The molecule has 2 fully saturated rings. The molecule has 1 aromatic heterocycles. The highest BCUT2D eigenvalue weighted by Gasteiger charge is 2.61. The number of nitrogens with zero attached hydrogens (tertiary/aromatic N) is 2. The molecule has 7 nitrogen and oxygen atoms in total. The molecule has 3 aromatic rings. The standard InChI is InChI=1S/C33H34F2N2O5S/c34-24-13-12-20(15-25(24)35)14-21-8-4-2-1-3-5-9-22-17-33(22,31(40)41)18-28(38)27-16-23(19-37(27)30(21)39)42-32-36-26-10-6-7-11-29(26)43-32/h5-7,9-13,15,21-23,27H,1-4,8,14,16-19H2,(H,40,41)/b9-5-/t21-,22-,23-,27+,33-/m1/s1. The largest absolute Gasteiger partial charge is 0.481 e. The number of hydrogen-bond acceptors (Lipinski definition) is 6. The van der Waals surface area contributed by atoms with E-state index in [1.807, 2.05) is 36.4 Å². The Morgan fingerprint density at radius 3 is 2.74 bits per heavy atom. The van der Waals surface area contributed by atoms with Gasteiger partial charge in [0.05, 0.1) is 28.2 Å². The average Bonchev–Trinajstić information content (AvgIpc) is 3.30. The van der Waals surface area contributed by atoms with E-state index in [-0.39, 0.29) is 43.4 Å². The summed E-state index contributed by atoms with van der Waals surface area (Å²) in [5, 5.41) is 10.6. The van der Waals surface area contributed by atoms with Crippen LogP contribution in [0.4, 0.5) is 8.78 Å². The molecule has 3 aliphatic rings. The van der Waals surface area contributed by atoms with Crippen molar-refractivity contribution < 1.29 is 33.0 Å². The van der Waals surface area contributed by atoms with Crippen LogP contribution in [-0.2, 0) is 20.8 Å². The summed E-state index contributed by atoms with van der Waals surface area (Å²) in [5.41, 5.74) is 0.151. The van der Waals surface area contributed by atoms with Crippen LogP contribution < -0.4 is 4.74 Å². The van der Waals surface area contributed by atoms with Crippen LogP contribution >= 0.6 is 11.3 Å². The first-order chi connectivity index (χ1) is 20.7. The van der Waals surface area contributed by atoms with Crippen LogP contribution in [0.5, 0.6) is 5.19 Å². The van der Waals surface area contributed by atoms with Crippen LogP contribution in [0.25, 0.3) is 10.2 Å². The molecule has 3 heterocycles. The van der Waals surface area contributed by atoms with Gasteiger partial charge in [0.2, 0.25) is 5.91 Å². The minimum Gasteiger partial charge on any atom is -0.481 e. The number of amides is 1. The van der Waals surface area contributed by atoms with E-state index in [1.54, 1.807) is 4.90 Å². The molecule has 5 atom stereocenters. The molecule has 1 saturated heterocycles. The zero-order chi connectivity index (χ0) is 30.1. The predicted octanol–water partition coefficient (Wildman–Crippen LogP) is 6.35. The number of carboxylic acid groups (broad SMARTS) is 1. The molecule has 0 bridgehead atoms. The molecule has 0 radical (unpaired) electrons. The number of aliphatic carboxylic acids is 1. The maximum atomic E-state index is 14.2. The lowest BCUT2D eigenvalue weighted by molar-refractivity contribution is -0.147. The first-order valence-electron chi connectivity index (χ1n) is 14.9. The molecule has 2 aliphatic heterocycles. The highest BCUT2D eigenvalue weighted by molar-refractivity contribution is 7.20. The second kappa shape index (κ2) is 12.1. The summed E-state index contributed by atoms with van der Waals surface area (Å²) in [6.07, 6.45) is 7.95. The van der Waals surface area contributed by atoms with E-state index in [2.05, 4.69) is 4.98 Å². The normalized spacial score (nSPS) is 28.9. The topological polar surface area (TPSA) is 96.8 Å². The van der Waals surface area contributed by atoms with Crippen LogP contribution in [0.15, 0.2) is 54.6 Å². The number of carboxylic acids is 1. The Balaban J connectivity index is 1.29. The maximum Gasteiger partial charge on any atom is 0.310 e. The molecule has 6 rings (SSSR count). The highest BCUT2D eigenvalue weighted by atomic mass is 32.1. The number of benzene rings is 2. The van der Waals surface area contributed by atoms with Crippen LogP contribution in [0.2, 0.25) is 0 Å². The number of fused-ring (bicyclic) bond motifs is 3. The van der Waals surface area contributed by atoms with E-state index in [4.69, 9.17) is 4.74 Å². The van der Waals surface area contributed by atoms with E-state index >= 15 is 0 Å². The molecule has 1 amide bonds. The van der Waals surface area contributed by atoms with Gasteiger partial charge in [-0.2, -0.15) is 0 Å². The molecule has 43 heavy (non-hydrogen) atoms. The number of ether oxygens (including phenoxy) is 1. The first kappa shape index (κ1) is 29.4. The van der Waals surface area contributed by atoms with Crippen molar-refractivity contribution in [1.82, 2.24) is 9.88 Å². The summed E-state index contributed by atoms with van der Waals surface area (Å²) >= 11 is 1.39. The quantitative estimate of drug-likeness (QED) is 0.339. The summed E-state index contributed by atoms with van der Waals surface area (Å²) in [4.78, 5) is 46.5. The monoisotopic (exact) mass is 608 g/mol.